The van der Waals surface area contributed by atoms with Crippen molar-refractivity contribution in [1.29, 1.82) is 0 Å². The molecule has 1 heterocycles. The van der Waals surface area contributed by atoms with Crippen molar-refractivity contribution in [3.8, 4) is 0 Å². The van der Waals surface area contributed by atoms with E-state index >= 15 is 0 Å². The predicted molar refractivity (Wildman–Crippen MR) is 69.9 cm³/mol. The third kappa shape index (κ3) is 3.36. The SMILES string of the molecule is CC1CCOC1C(=O)Nc1c(F)cc(S(N)(=O)=O)cc1F. The summed E-state index contributed by atoms with van der Waals surface area (Å²) < 4.78 is 54.8. The van der Waals surface area contributed by atoms with Crippen LogP contribution in [0.15, 0.2) is 17.0 Å². The highest BCUT2D eigenvalue weighted by atomic mass is 32.2. The van der Waals surface area contributed by atoms with E-state index in [1.807, 2.05) is 0 Å². The van der Waals surface area contributed by atoms with Crippen LogP contribution in [-0.2, 0) is 19.6 Å². The lowest BCUT2D eigenvalue weighted by Gasteiger charge is -2.15. The number of carbonyl (C=O) groups excluding carboxylic acids is 1. The summed E-state index contributed by atoms with van der Waals surface area (Å²) in [7, 11) is -4.23. The molecule has 0 spiro atoms. The first-order valence-electron chi connectivity index (χ1n) is 6.14. The van der Waals surface area contributed by atoms with Gasteiger partial charge in [0.25, 0.3) is 5.91 Å². The lowest BCUT2D eigenvalue weighted by Crippen LogP contribution is -2.32. The number of nitrogens with one attached hydrogen (secondary N) is 1. The fourth-order valence-corrected chi connectivity index (χ4v) is 2.59. The van der Waals surface area contributed by atoms with Crippen molar-refractivity contribution in [2.24, 2.45) is 11.1 Å². The predicted octanol–water partition coefficient (Wildman–Crippen LogP) is 0.976. The Bertz CT molecular complexity index is 655. The number of rotatable bonds is 3. The van der Waals surface area contributed by atoms with Crippen molar-refractivity contribution in [1.82, 2.24) is 0 Å². The monoisotopic (exact) mass is 320 g/mol. The van der Waals surface area contributed by atoms with Gasteiger partial charge in [0.1, 0.15) is 11.8 Å². The molecule has 1 saturated heterocycles. The van der Waals surface area contributed by atoms with Gasteiger partial charge in [-0.1, -0.05) is 6.92 Å². The van der Waals surface area contributed by atoms with Crippen LogP contribution in [0.4, 0.5) is 14.5 Å². The summed E-state index contributed by atoms with van der Waals surface area (Å²) in [4.78, 5) is 11.2. The lowest BCUT2D eigenvalue weighted by molar-refractivity contribution is -0.126. The Labute approximate surface area is 120 Å². The summed E-state index contributed by atoms with van der Waals surface area (Å²) in [5, 5.41) is 6.88. The zero-order valence-corrected chi connectivity index (χ0v) is 11.9. The molecule has 0 aromatic heterocycles. The molecule has 1 fully saturated rings. The second-order valence-corrected chi connectivity index (χ2v) is 6.41. The third-order valence-electron chi connectivity index (χ3n) is 3.24. The van der Waals surface area contributed by atoms with Gasteiger partial charge < -0.3 is 10.1 Å². The number of primary sulfonamides is 1. The van der Waals surface area contributed by atoms with Gasteiger partial charge >= 0.3 is 0 Å². The average molecular weight is 320 g/mol. The fourth-order valence-electron chi connectivity index (χ4n) is 2.06. The van der Waals surface area contributed by atoms with Crippen molar-refractivity contribution < 1.29 is 26.7 Å². The van der Waals surface area contributed by atoms with Crippen molar-refractivity contribution in [3.05, 3.63) is 23.8 Å². The van der Waals surface area contributed by atoms with E-state index in [0.717, 1.165) is 0 Å². The molecule has 2 atom stereocenters. The van der Waals surface area contributed by atoms with Crippen LogP contribution in [0.25, 0.3) is 0 Å². The summed E-state index contributed by atoms with van der Waals surface area (Å²) in [6.07, 6.45) is -0.116. The molecule has 116 valence electrons. The number of ether oxygens (including phenoxy) is 1. The van der Waals surface area contributed by atoms with E-state index in [4.69, 9.17) is 9.88 Å². The van der Waals surface area contributed by atoms with E-state index in [9.17, 15) is 22.0 Å². The zero-order chi connectivity index (χ0) is 15.8. The Kier molecular flexibility index (Phi) is 4.26. The Morgan fingerprint density at radius 2 is 1.95 bits per heavy atom. The number of hydrogen-bond acceptors (Lipinski definition) is 4. The first kappa shape index (κ1) is 15.8. The molecule has 21 heavy (non-hydrogen) atoms. The molecule has 1 aromatic rings. The van der Waals surface area contributed by atoms with Crippen LogP contribution in [0.1, 0.15) is 13.3 Å². The number of nitrogens with two attached hydrogens (primary N) is 1. The fraction of sp³-hybridized carbons (Fsp3) is 0.417. The third-order valence-corrected chi connectivity index (χ3v) is 4.13. The summed E-state index contributed by atoms with van der Waals surface area (Å²) in [6.45, 7) is 2.18. The second kappa shape index (κ2) is 5.66. The molecule has 0 saturated carbocycles. The summed E-state index contributed by atoms with van der Waals surface area (Å²) in [5.74, 6) is -3.20. The molecule has 2 rings (SSSR count). The van der Waals surface area contributed by atoms with Gasteiger partial charge in [0, 0.05) is 6.61 Å². The Balaban J connectivity index is 2.27. The average Bonchev–Trinajstić information content (AvgIpc) is 2.78. The smallest absolute Gasteiger partial charge is 0.253 e. The second-order valence-electron chi connectivity index (χ2n) is 4.85. The minimum atomic E-state index is -4.23. The van der Waals surface area contributed by atoms with Gasteiger partial charge in [-0.3, -0.25) is 4.79 Å². The molecule has 0 radical (unpaired) electrons. The van der Waals surface area contributed by atoms with Gasteiger partial charge in [-0.15, -0.1) is 0 Å². The number of carbonyl (C=O) groups is 1. The molecule has 0 bridgehead atoms. The van der Waals surface area contributed by atoms with Gasteiger partial charge in [0.15, 0.2) is 11.6 Å². The number of amides is 1. The molecule has 1 aromatic carbocycles. The normalized spacial score (nSPS) is 22.3. The van der Waals surface area contributed by atoms with E-state index in [1.165, 1.54) is 0 Å². The summed E-state index contributed by atoms with van der Waals surface area (Å²) in [6, 6.07) is 1.10. The Morgan fingerprint density at radius 1 is 1.38 bits per heavy atom. The molecule has 0 aliphatic carbocycles. The highest BCUT2D eigenvalue weighted by Gasteiger charge is 2.32. The van der Waals surface area contributed by atoms with Crippen LogP contribution in [0.2, 0.25) is 0 Å². The maximum absolute atomic E-state index is 13.8. The maximum Gasteiger partial charge on any atom is 0.253 e. The van der Waals surface area contributed by atoms with Gasteiger partial charge in [-0.05, 0) is 24.5 Å². The van der Waals surface area contributed by atoms with Crippen LogP contribution in [0, 0.1) is 17.6 Å². The number of halogens is 2. The molecular formula is C12H14F2N2O4S. The van der Waals surface area contributed by atoms with Gasteiger partial charge in [0.05, 0.1) is 4.90 Å². The van der Waals surface area contributed by atoms with E-state index in [2.05, 4.69) is 5.32 Å². The van der Waals surface area contributed by atoms with Crippen LogP contribution in [0.5, 0.6) is 0 Å². The molecule has 1 aliphatic heterocycles. The molecule has 2 unspecified atom stereocenters. The molecular weight excluding hydrogens is 306 g/mol. The van der Waals surface area contributed by atoms with Crippen LogP contribution < -0.4 is 10.5 Å². The van der Waals surface area contributed by atoms with Crippen LogP contribution in [0.3, 0.4) is 0 Å². The van der Waals surface area contributed by atoms with Crippen molar-refractivity contribution in [3.63, 3.8) is 0 Å². The summed E-state index contributed by atoms with van der Waals surface area (Å²) in [5.41, 5.74) is -0.727. The van der Waals surface area contributed by atoms with E-state index in [1.54, 1.807) is 6.92 Å². The molecule has 3 N–H and O–H groups in total. The largest absolute Gasteiger partial charge is 0.368 e. The van der Waals surface area contributed by atoms with Crippen molar-refractivity contribution in [2.75, 3.05) is 11.9 Å². The lowest BCUT2D eigenvalue weighted by atomic mass is 10.0. The standard InChI is InChI=1S/C12H14F2N2O4S/c1-6-2-3-20-11(6)12(17)16-10-8(13)4-7(5-9(10)14)21(15,18)19/h4-6,11H,2-3H2,1H3,(H,16,17)(H2,15,18,19). The highest BCUT2D eigenvalue weighted by Crippen LogP contribution is 2.25. The molecule has 1 aliphatic rings. The van der Waals surface area contributed by atoms with Crippen LogP contribution >= 0.6 is 0 Å². The molecule has 9 heteroatoms. The molecule has 6 nitrogen and oxygen atoms in total. The number of sulfonamides is 1. The van der Waals surface area contributed by atoms with Crippen molar-refractivity contribution >= 4 is 21.6 Å². The summed E-state index contributed by atoms with van der Waals surface area (Å²) >= 11 is 0. The zero-order valence-electron chi connectivity index (χ0n) is 11.1. The topological polar surface area (TPSA) is 98.5 Å². The van der Waals surface area contributed by atoms with Crippen molar-refractivity contribution in [2.45, 2.75) is 24.3 Å². The minimum Gasteiger partial charge on any atom is -0.368 e. The number of anilines is 1. The Morgan fingerprint density at radius 3 is 2.38 bits per heavy atom. The first-order chi connectivity index (χ1) is 9.70. The van der Waals surface area contributed by atoms with Gasteiger partial charge in [-0.2, -0.15) is 0 Å². The number of hydrogen-bond donors (Lipinski definition) is 2. The van der Waals surface area contributed by atoms with E-state index < -0.39 is 44.3 Å². The highest BCUT2D eigenvalue weighted by molar-refractivity contribution is 7.89. The van der Waals surface area contributed by atoms with E-state index in [-0.39, 0.29) is 5.92 Å². The maximum atomic E-state index is 13.8. The van der Waals surface area contributed by atoms with Gasteiger partial charge in [0.2, 0.25) is 10.0 Å². The minimum absolute atomic E-state index is 0.0696. The quantitative estimate of drug-likeness (QED) is 0.867. The number of benzene rings is 1. The van der Waals surface area contributed by atoms with Crippen LogP contribution in [-0.4, -0.2) is 27.0 Å². The first-order valence-corrected chi connectivity index (χ1v) is 7.69. The Hall–Kier alpha value is -1.58. The molecule has 1 amide bonds. The van der Waals surface area contributed by atoms with E-state index in [0.29, 0.717) is 25.2 Å². The van der Waals surface area contributed by atoms with Gasteiger partial charge in [-0.25, -0.2) is 22.3 Å².